The number of hydrogen-bond donors (Lipinski definition) is 2. The molecule has 18 heavy (non-hydrogen) atoms. The van der Waals surface area contributed by atoms with Crippen LogP contribution in [0.1, 0.15) is 52.4 Å². The van der Waals surface area contributed by atoms with Gasteiger partial charge in [0.25, 0.3) is 0 Å². The van der Waals surface area contributed by atoms with Crippen molar-refractivity contribution in [2.24, 2.45) is 0 Å². The summed E-state index contributed by atoms with van der Waals surface area (Å²) in [5, 5.41) is 14.6. The van der Waals surface area contributed by atoms with E-state index in [1.165, 1.54) is 38.5 Å². The third-order valence-corrected chi connectivity index (χ3v) is 3.18. The summed E-state index contributed by atoms with van der Waals surface area (Å²) < 4.78 is 0. The molecule has 0 amide bonds. The third kappa shape index (κ3) is 4.13. The summed E-state index contributed by atoms with van der Waals surface area (Å²) >= 11 is 0. The van der Waals surface area contributed by atoms with Gasteiger partial charge in [-0.2, -0.15) is 10.1 Å². The van der Waals surface area contributed by atoms with Crippen LogP contribution in [-0.2, 0) is 0 Å². The van der Waals surface area contributed by atoms with Crippen LogP contribution in [0.25, 0.3) is 0 Å². The third-order valence-electron chi connectivity index (χ3n) is 3.18. The van der Waals surface area contributed by atoms with Crippen molar-refractivity contribution in [1.29, 1.82) is 0 Å². The molecule has 5 nitrogen and oxygen atoms in total. The number of aromatic nitrogens is 3. The van der Waals surface area contributed by atoms with Crippen LogP contribution in [0.2, 0.25) is 0 Å². The Bertz CT molecular complexity index is 358. The van der Waals surface area contributed by atoms with Crippen LogP contribution in [0, 0.1) is 0 Å². The molecule has 5 heteroatoms. The van der Waals surface area contributed by atoms with E-state index in [4.69, 9.17) is 0 Å². The molecule has 1 aliphatic carbocycles. The second-order valence-electron chi connectivity index (χ2n) is 5.30. The lowest BCUT2D eigenvalue weighted by atomic mass is 10.1. The maximum atomic E-state index is 4.44. The zero-order chi connectivity index (χ0) is 12.8. The predicted molar refractivity (Wildman–Crippen MR) is 73.7 cm³/mol. The van der Waals surface area contributed by atoms with Gasteiger partial charge < -0.3 is 10.6 Å². The monoisotopic (exact) mass is 249 g/mol. The first kappa shape index (κ1) is 13.1. The van der Waals surface area contributed by atoms with Crippen molar-refractivity contribution in [2.75, 3.05) is 10.6 Å². The minimum atomic E-state index is 0.319. The molecule has 0 bridgehead atoms. The molecular weight excluding hydrogens is 226 g/mol. The molecule has 1 saturated carbocycles. The highest BCUT2D eigenvalue weighted by molar-refractivity contribution is 5.38. The average Bonchev–Trinajstić information content (AvgIpc) is 2.57. The minimum absolute atomic E-state index is 0.319. The molecule has 2 N–H and O–H groups in total. The molecule has 0 aromatic carbocycles. The molecule has 0 saturated heterocycles. The van der Waals surface area contributed by atoms with Gasteiger partial charge >= 0.3 is 0 Å². The number of hydrogen-bond acceptors (Lipinski definition) is 5. The van der Waals surface area contributed by atoms with Crippen LogP contribution < -0.4 is 10.6 Å². The SMILES string of the molecule is CC(C)Nc1nncc(NC2CCCCCC2)n1. The molecule has 100 valence electrons. The summed E-state index contributed by atoms with van der Waals surface area (Å²) in [6.45, 7) is 4.13. The van der Waals surface area contributed by atoms with Crippen LogP contribution in [-0.4, -0.2) is 27.3 Å². The fraction of sp³-hybridized carbons (Fsp3) is 0.769. The standard InChI is InChI=1S/C13H23N5/c1-10(2)15-13-17-12(9-14-18-13)16-11-7-5-3-4-6-8-11/h9-11H,3-8H2,1-2H3,(H2,15,16,17,18). The molecule has 1 aromatic rings. The largest absolute Gasteiger partial charge is 0.366 e. The van der Waals surface area contributed by atoms with Gasteiger partial charge in [0.15, 0.2) is 5.82 Å². The van der Waals surface area contributed by atoms with E-state index in [-0.39, 0.29) is 0 Å². The van der Waals surface area contributed by atoms with Gasteiger partial charge in [0.1, 0.15) is 0 Å². The molecule has 1 aromatic heterocycles. The molecule has 0 aliphatic heterocycles. The van der Waals surface area contributed by atoms with E-state index >= 15 is 0 Å². The molecule has 1 fully saturated rings. The summed E-state index contributed by atoms with van der Waals surface area (Å²) in [4.78, 5) is 4.44. The van der Waals surface area contributed by atoms with Gasteiger partial charge in [0.2, 0.25) is 5.95 Å². The number of anilines is 2. The van der Waals surface area contributed by atoms with Gasteiger partial charge in [-0.15, -0.1) is 5.10 Å². The maximum absolute atomic E-state index is 4.44. The maximum Gasteiger partial charge on any atom is 0.244 e. The van der Waals surface area contributed by atoms with E-state index < -0.39 is 0 Å². The molecule has 0 radical (unpaired) electrons. The van der Waals surface area contributed by atoms with Crippen molar-refractivity contribution in [3.05, 3.63) is 6.20 Å². The fourth-order valence-electron chi connectivity index (χ4n) is 2.33. The molecule has 0 spiro atoms. The summed E-state index contributed by atoms with van der Waals surface area (Å²) in [7, 11) is 0. The Morgan fingerprint density at radius 1 is 1.17 bits per heavy atom. The van der Waals surface area contributed by atoms with Crippen molar-refractivity contribution < 1.29 is 0 Å². The van der Waals surface area contributed by atoms with E-state index in [0.717, 1.165) is 5.82 Å². The zero-order valence-electron chi connectivity index (χ0n) is 11.3. The van der Waals surface area contributed by atoms with E-state index in [2.05, 4.69) is 39.7 Å². The highest BCUT2D eigenvalue weighted by Gasteiger charge is 2.13. The Morgan fingerprint density at radius 3 is 2.56 bits per heavy atom. The number of rotatable bonds is 4. The Hall–Kier alpha value is -1.39. The van der Waals surface area contributed by atoms with Crippen LogP contribution >= 0.6 is 0 Å². The van der Waals surface area contributed by atoms with E-state index in [9.17, 15) is 0 Å². The molecular formula is C13H23N5. The molecule has 0 atom stereocenters. The summed E-state index contributed by atoms with van der Waals surface area (Å²) in [6.07, 6.45) is 9.52. The summed E-state index contributed by atoms with van der Waals surface area (Å²) in [5.41, 5.74) is 0. The summed E-state index contributed by atoms with van der Waals surface area (Å²) in [5.74, 6) is 1.43. The quantitative estimate of drug-likeness (QED) is 0.803. The Balaban J connectivity index is 1.95. The zero-order valence-corrected chi connectivity index (χ0v) is 11.3. The Kier molecular flexibility index (Phi) is 4.73. The topological polar surface area (TPSA) is 62.7 Å². The Morgan fingerprint density at radius 2 is 1.89 bits per heavy atom. The van der Waals surface area contributed by atoms with Crippen molar-refractivity contribution >= 4 is 11.8 Å². The van der Waals surface area contributed by atoms with Crippen LogP contribution in [0.5, 0.6) is 0 Å². The van der Waals surface area contributed by atoms with Gasteiger partial charge in [-0.05, 0) is 26.7 Å². The molecule has 2 rings (SSSR count). The Labute approximate surface area is 109 Å². The second kappa shape index (κ2) is 6.52. The summed E-state index contributed by atoms with van der Waals surface area (Å²) in [6, 6.07) is 0.857. The molecule has 0 unspecified atom stereocenters. The van der Waals surface area contributed by atoms with Gasteiger partial charge in [0.05, 0.1) is 6.20 Å². The van der Waals surface area contributed by atoms with E-state index in [1.54, 1.807) is 6.20 Å². The van der Waals surface area contributed by atoms with Crippen molar-refractivity contribution in [3.8, 4) is 0 Å². The fourth-order valence-corrected chi connectivity index (χ4v) is 2.33. The van der Waals surface area contributed by atoms with Gasteiger partial charge in [-0.1, -0.05) is 25.7 Å². The van der Waals surface area contributed by atoms with E-state index in [0.29, 0.717) is 18.0 Å². The lowest BCUT2D eigenvalue weighted by Crippen LogP contribution is -2.20. The first-order valence-electron chi connectivity index (χ1n) is 6.97. The molecule has 1 aliphatic rings. The van der Waals surface area contributed by atoms with Gasteiger partial charge in [-0.25, -0.2) is 0 Å². The van der Waals surface area contributed by atoms with Crippen LogP contribution in [0.15, 0.2) is 6.20 Å². The number of nitrogens with one attached hydrogen (secondary N) is 2. The highest BCUT2D eigenvalue weighted by atomic mass is 15.3. The lowest BCUT2D eigenvalue weighted by molar-refractivity contribution is 0.616. The van der Waals surface area contributed by atoms with E-state index in [1.807, 2.05) is 0 Å². The lowest BCUT2D eigenvalue weighted by Gasteiger charge is -2.17. The number of nitrogens with zero attached hydrogens (tertiary/aromatic N) is 3. The average molecular weight is 249 g/mol. The van der Waals surface area contributed by atoms with Crippen molar-refractivity contribution in [2.45, 2.75) is 64.5 Å². The first-order chi connectivity index (χ1) is 8.74. The smallest absolute Gasteiger partial charge is 0.244 e. The van der Waals surface area contributed by atoms with Crippen molar-refractivity contribution in [1.82, 2.24) is 15.2 Å². The van der Waals surface area contributed by atoms with Crippen LogP contribution in [0.3, 0.4) is 0 Å². The highest BCUT2D eigenvalue weighted by Crippen LogP contribution is 2.20. The van der Waals surface area contributed by atoms with Crippen LogP contribution in [0.4, 0.5) is 11.8 Å². The molecule has 1 heterocycles. The van der Waals surface area contributed by atoms with Gasteiger partial charge in [-0.3, -0.25) is 0 Å². The first-order valence-corrected chi connectivity index (χ1v) is 6.97. The van der Waals surface area contributed by atoms with Gasteiger partial charge in [0, 0.05) is 12.1 Å². The normalized spacial score (nSPS) is 17.5. The minimum Gasteiger partial charge on any atom is -0.366 e. The second-order valence-corrected chi connectivity index (χ2v) is 5.30. The predicted octanol–water partition coefficient (Wildman–Crippen LogP) is 2.83. The van der Waals surface area contributed by atoms with Crippen molar-refractivity contribution in [3.63, 3.8) is 0 Å².